The first-order chi connectivity index (χ1) is 12.7. The first-order valence-electron chi connectivity index (χ1n) is 8.54. The lowest BCUT2D eigenvalue weighted by molar-refractivity contribution is -0.120. The molecule has 7 heteroatoms. The lowest BCUT2D eigenvalue weighted by atomic mass is 10.1. The zero-order chi connectivity index (χ0) is 18.2. The second-order valence-corrected chi connectivity index (χ2v) is 6.00. The Morgan fingerprint density at radius 1 is 1.00 bits per heavy atom. The molecule has 26 heavy (non-hydrogen) atoms. The number of phenolic OH excluding ortho intramolecular Hbond substituents is 1. The molecule has 0 spiro atoms. The number of phenols is 1. The maximum absolute atomic E-state index is 12.1. The number of benzene rings is 2. The summed E-state index contributed by atoms with van der Waals surface area (Å²) in [4.78, 5) is 12.1. The summed E-state index contributed by atoms with van der Waals surface area (Å²) in [5, 5.41) is 23.8. The van der Waals surface area contributed by atoms with Crippen molar-refractivity contribution in [3.05, 3.63) is 71.5 Å². The Kier molecular flexibility index (Phi) is 5.92. The lowest BCUT2D eigenvalue weighted by Crippen LogP contribution is -2.28. The van der Waals surface area contributed by atoms with E-state index in [0.29, 0.717) is 25.3 Å². The van der Waals surface area contributed by atoms with Gasteiger partial charge in [0.15, 0.2) is 5.82 Å². The van der Waals surface area contributed by atoms with Gasteiger partial charge in [0.25, 0.3) is 0 Å². The van der Waals surface area contributed by atoms with E-state index in [1.807, 2.05) is 30.3 Å². The van der Waals surface area contributed by atoms with Gasteiger partial charge in [-0.25, -0.2) is 4.68 Å². The molecule has 7 nitrogen and oxygen atoms in total. The standard InChI is InChI=1S/C19H21N5O2/c25-17-8-6-16(7-9-17)10-12-20-19(26)14-18-21-22-23-24(18)13-11-15-4-2-1-3-5-15/h1-9,25H,10-14H2,(H,20,26). The first-order valence-corrected chi connectivity index (χ1v) is 8.54. The van der Waals surface area contributed by atoms with Crippen molar-refractivity contribution < 1.29 is 9.90 Å². The summed E-state index contributed by atoms with van der Waals surface area (Å²) in [5.41, 5.74) is 2.25. The normalized spacial score (nSPS) is 10.6. The molecule has 2 aromatic carbocycles. The van der Waals surface area contributed by atoms with Crippen molar-refractivity contribution in [3.63, 3.8) is 0 Å². The second-order valence-electron chi connectivity index (χ2n) is 6.00. The van der Waals surface area contributed by atoms with Gasteiger partial charge in [-0.3, -0.25) is 4.79 Å². The third-order valence-electron chi connectivity index (χ3n) is 4.05. The number of aromatic hydroxyl groups is 1. The molecule has 0 saturated heterocycles. The van der Waals surface area contributed by atoms with Crippen molar-refractivity contribution >= 4 is 5.91 Å². The van der Waals surface area contributed by atoms with Crippen molar-refractivity contribution in [2.24, 2.45) is 0 Å². The SMILES string of the molecule is O=C(Cc1nnnn1CCc1ccccc1)NCCc1ccc(O)cc1. The molecule has 2 N–H and O–H groups in total. The van der Waals surface area contributed by atoms with E-state index in [2.05, 4.69) is 33.0 Å². The molecule has 0 atom stereocenters. The predicted molar refractivity (Wildman–Crippen MR) is 96.5 cm³/mol. The van der Waals surface area contributed by atoms with Crippen LogP contribution in [0.5, 0.6) is 5.75 Å². The molecule has 0 bridgehead atoms. The van der Waals surface area contributed by atoms with E-state index in [9.17, 15) is 9.90 Å². The number of aryl methyl sites for hydroxylation is 2. The molecule has 3 aromatic rings. The van der Waals surface area contributed by atoms with Crippen LogP contribution in [0.2, 0.25) is 0 Å². The smallest absolute Gasteiger partial charge is 0.227 e. The molecule has 3 rings (SSSR count). The van der Waals surface area contributed by atoms with Crippen molar-refractivity contribution in [3.8, 4) is 5.75 Å². The van der Waals surface area contributed by atoms with Crippen LogP contribution < -0.4 is 5.32 Å². The van der Waals surface area contributed by atoms with Crippen LogP contribution >= 0.6 is 0 Å². The van der Waals surface area contributed by atoms with Gasteiger partial charge >= 0.3 is 0 Å². The van der Waals surface area contributed by atoms with E-state index in [1.54, 1.807) is 16.8 Å². The van der Waals surface area contributed by atoms with Crippen molar-refractivity contribution in [2.45, 2.75) is 25.8 Å². The van der Waals surface area contributed by atoms with E-state index >= 15 is 0 Å². The second kappa shape index (κ2) is 8.75. The molecule has 0 saturated carbocycles. The number of hydrogen-bond acceptors (Lipinski definition) is 5. The van der Waals surface area contributed by atoms with Crippen LogP contribution in [0.25, 0.3) is 0 Å². The Morgan fingerprint density at radius 2 is 1.73 bits per heavy atom. The van der Waals surface area contributed by atoms with Gasteiger partial charge in [0.05, 0.1) is 6.42 Å². The first kappa shape index (κ1) is 17.6. The number of tetrazole rings is 1. The Balaban J connectivity index is 1.45. The van der Waals surface area contributed by atoms with Crippen LogP contribution in [0, 0.1) is 0 Å². The van der Waals surface area contributed by atoms with Gasteiger partial charge in [-0.05, 0) is 46.5 Å². The quantitative estimate of drug-likeness (QED) is 0.642. The molecule has 0 aliphatic carbocycles. The van der Waals surface area contributed by atoms with Crippen molar-refractivity contribution in [1.82, 2.24) is 25.5 Å². The van der Waals surface area contributed by atoms with E-state index in [1.165, 1.54) is 5.56 Å². The Hall–Kier alpha value is -3.22. The Labute approximate surface area is 151 Å². The Bertz CT molecular complexity index is 831. The van der Waals surface area contributed by atoms with Gasteiger partial charge in [0.2, 0.25) is 5.91 Å². The van der Waals surface area contributed by atoms with Crippen LogP contribution in [-0.4, -0.2) is 37.8 Å². The number of carbonyl (C=O) groups excluding carboxylic acids is 1. The molecular weight excluding hydrogens is 330 g/mol. The highest BCUT2D eigenvalue weighted by molar-refractivity contribution is 5.77. The molecule has 1 aromatic heterocycles. The van der Waals surface area contributed by atoms with Gasteiger partial charge in [-0.2, -0.15) is 0 Å². The largest absolute Gasteiger partial charge is 0.508 e. The molecule has 1 amide bonds. The molecular formula is C19H21N5O2. The maximum atomic E-state index is 12.1. The summed E-state index contributed by atoms with van der Waals surface area (Å²) in [7, 11) is 0. The van der Waals surface area contributed by atoms with Gasteiger partial charge in [0.1, 0.15) is 5.75 Å². The van der Waals surface area contributed by atoms with Gasteiger partial charge in [-0.1, -0.05) is 42.5 Å². The highest BCUT2D eigenvalue weighted by atomic mass is 16.3. The fraction of sp³-hybridized carbons (Fsp3) is 0.263. The van der Waals surface area contributed by atoms with Crippen LogP contribution in [0.15, 0.2) is 54.6 Å². The molecule has 0 radical (unpaired) electrons. The van der Waals surface area contributed by atoms with Crippen LogP contribution in [-0.2, 0) is 30.6 Å². The highest BCUT2D eigenvalue weighted by Gasteiger charge is 2.11. The highest BCUT2D eigenvalue weighted by Crippen LogP contribution is 2.09. The van der Waals surface area contributed by atoms with Gasteiger partial charge in [-0.15, -0.1) is 5.10 Å². The number of nitrogens with zero attached hydrogens (tertiary/aromatic N) is 4. The summed E-state index contributed by atoms with van der Waals surface area (Å²) in [5.74, 6) is 0.683. The molecule has 0 aliphatic rings. The molecule has 1 heterocycles. The van der Waals surface area contributed by atoms with Crippen LogP contribution in [0.3, 0.4) is 0 Å². The van der Waals surface area contributed by atoms with E-state index in [-0.39, 0.29) is 18.1 Å². The summed E-state index contributed by atoms with van der Waals surface area (Å²) in [6, 6.07) is 17.0. The van der Waals surface area contributed by atoms with Crippen molar-refractivity contribution in [1.29, 1.82) is 0 Å². The fourth-order valence-corrected chi connectivity index (χ4v) is 2.62. The number of hydrogen-bond donors (Lipinski definition) is 2. The predicted octanol–water partition coefficient (Wildman–Crippen LogP) is 1.52. The average Bonchev–Trinajstić information content (AvgIpc) is 3.09. The number of carbonyl (C=O) groups is 1. The molecule has 0 fully saturated rings. The third-order valence-corrected chi connectivity index (χ3v) is 4.05. The van der Waals surface area contributed by atoms with E-state index in [4.69, 9.17) is 0 Å². The zero-order valence-corrected chi connectivity index (χ0v) is 14.4. The van der Waals surface area contributed by atoms with Crippen LogP contribution in [0.1, 0.15) is 17.0 Å². The topological polar surface area (TPSA) is 92.9 Å². The lowest BCUT2D eigenvalue weighted by Gasteiger charge is -2.07. The minimum absolute atomic E-state index is 0.112. The maximum Gasteiger partial charge on any atom is 0.227 e. The zero-order valence-electron chi connectivity index (χ0n) is 14.4. The van der Waals surface area contributed by atoms with Crippen LogP contribution in [0.4, 0.5) is 0 Å². The summed E-state index contributed by atoms with van der Waals surface area (Å²) in [6.45, 7) is 1.16. The summed E-state index contributed by atoms with van der Waals surface area (Å²) < 4.78 is 1.67. The van der Waals surface area contributed by atoms with E-state index < -0.39 is 0 Å². The monoisotopic (exact) mass is 351 g/mol. The minimum Gasteiger partial charge on any atom is -0.508 e. The van der Waals surface area contributed by atoms with Crippen molar-refractivity contribution in [2.75, 3.05) is 6.54 Å². The average molecular weight is 351 g/mol. The van der Waals surface area contributed by atoms with Gasteiger partial charge in [0, 0.05) is 13.1 Å². The number of amides is 1. The number of nitrogens with one attached hydrogen (secondary N) is 1. The fourth-order valence-electron chi connectivity index (χ4n) is 2.62. The minimum atomic E-state index is -0.112. The third kappa shape index (κ3) is 5.14. The summed E-state index contributed by atoms with van der Waals surface area (Å²) >= 11 is 0. The molecule has 0 unspecified atom stereocenters. The molecule has 0 aliphatic heterocycles. The number of rotatable bonds is 8. The van der Waals surface area contributed by atoms with E-state index in [0.717, 1.165) is 12.0 Å². The summed E-state index contributed by atoms with van der Waals surface area (Å²) in [6.07, 6.45) is 1.66. The van der Waals surface area contributed by atoms with Gasteiger partial charge < -0.3 is 10.4 Å². The number of aromatic nitrogens is 4. The Morgan fingerprint density at radius 3 is 2.50 bits per heavy atom. The molecule has 134 valence electrons.